The number of rotatable bonds is 10. The van der Waals surface area contributed by atoms with Gasteiger partial charge in [0, 0.05) is 6.42 Å². The first-order valence-corrected chi connectivity index (χ1v) is 9.65. The molecule has 0 heterocycles. The summed E-state index contributed by atoms with van der Waals surface area (Å²) in [4.78, 5) is 0. The van der Waals surface area contributed by atoms with Crippen LogP contribution in [0.4, 0.5) is 22.0 Å². The second-order valence-corrected chi connectivity index (χ2v) is 7.31. The summed E-state index contributed by atoms with van der Waals surface area (Å²) in [6, 6.07) is 3.07. The van der Waals surface area contributed by atoms with Crippen molar-refractivity contribution in [2.45, 2.75) is 71.2 Å². The molecule has 1 aliphatic carbocycles. The summed E-state index contributed by atoms with van der Waals surface area (Å²) in [7, 11) is 0. The molecule has 2 rings (SSSR count). The molecule has 0 aliphatic heterocycles. The van der Waals surface area contributed by atoms with E-state index in [0.29, 0.717) is 5.92 Å². The molecule has 1 aromatic carbocycles. The van der Waals surface area contributed by atoms with Crippen molar-refractivity contribution in [1.29, 1.82) is 0 Å². The van der Waals surface area contributed by atoms with Crippen molar-refractivity contribution in [2.75, 3.05) is 0 Å². The summed E-state index contributed by atoms with van der Waals surface area (Å²) < 4.78 is 74.8. The van der Waals surface area contributed by atoms with Gasteiger partial charge >= 0.3 is 12.7 Å². The topological polar surface area (TPSA) is 18.5 Å². The number of alkyl halides is 4. The van der Waals surface area contributed by atoms with E-state index < -0.39 is 30.9 Å². The molecule has 1 aromatic rings. The van der Waals surface area contributed by atoms with Crippen molar-refractivity contribution < 1.29 is 31.4 Å². The van der Waals surface area contributed by atoms with Gasteiger partial charge in [-0.05, 0) is 62.1 Å². The lowest BCUT2D eigenvalue weighted by Gasteiger charge is -2.30. The molecule has 1 fully saturated rings. The van der Waals surface area contributed by atoms with E-state index >= 15 is 0 Å². The average molecular weight is 406 g/mol. The Bertz CT molecular complexity index is 625. The minimum atomic E-state index is -3.31. The highest BCUT2D eigenvalue weighted by atomic mass is 19.3. The number of hydrogen-bond donors (Lipinski definition) is 0. The predicted octanol–water partition coefficient (Wildman–Crippen LogP) is 7.09. The zero-order chi connectivity index (χ0) is 20.6. The molecular formula is C21H27F5O2. The fourth-order valence-corrected chi connectivity index (χ4v) is 3.63. The van der Waals surface area contributed by atoms with E-state index in [-0.39, 0.29) is 17.9 Å². The van der Waals surface area contributed by atoms with E-state index in [1.807, 2.05) is 13.0 Å². The Morgan fingerprint density at radius 3 is 2.43 bits per heavy atom. The lowest BCUT2D eigenvalue weighted by molar-refractivity contribution is -0.256. The molecule has 7 heteroatoms. The molecule has 158 valence electrons. The Kier molecular flexibility index (Phi) is 8.73. The minimum absolute atomic E-state index is 0.0912. The SMILES string of the molecule is CC=CCCC1CCC(CC(F)(F)OCc2ccc(OC(F)F)c(F)c2)CC1. The fourth-order valence-electron chi connectivity index (χ4n) is 3.63. The van der Waals surface area contributed by atoms with Crippen molar-refractivity contribution in [2.24, 2.45) is 11.8 Å². The van der Waals surface area contributed by atoms with Crippen LogP contribution in [0.1, 0.15) is 57.4 Å². The van der Waals surface area contributed by atoms with Crippen molar-refractivity contribution in [1.82, 2.24) is 0 Å². The van der Waals surface area contributed by atoms with Crippen molar-refractivity contribution in [3.05, 3.63) is 41.7 Å². The second kappa shape index (κ2) is 10.8. The number of benzene rings is 1. The van der Waals surface area contributed by atoms with Gasteiger partial charge in [0.15, 0.2) is 11.6 Å². The molecule has 0 saturated heterocycles. The van der Waals surface area contributed by atoms with Gasteiger partial charge in [-0.25, -0.2) is 4.39 Å². The highest BCUT2D eigenvalue weighted by molar-refractivity contribution is 5.29. The third-order valence-corrected chi connectivity index (χ3v) is 5.13. The first-order valence-electron chi connectivity index (χ1n) is 9.65. The number of ether oxygens (including phenoxy) is 2. The van der Waals surface area contributed by atoms with Gasteiger partial charge in [0.25, 0.3) is 0 Å². The summed E-state index contributed by atoms with van der Waals surface area (Å²) in [6.07, 6.45) is 6.04. The quantitative estimate of drug-likeness (QED) is 0.305. The molecule has 0 bridgehead atoms. The van der Waals surface area contributed by atoms with E-state index in [4.69, 9.17) is 4.74 Å². The van der Waals surface area contributed by atoms with E-state index in [2.05, 4.69) is 10.8 Å². The molecule has 0 unspecified atom stereocenters. The molecule has 0 amide bonds. The van der Waals surface area contributed by atoms with Gasteiger partial charge < -0.3 is 9.47 Å². The van der Waals surface area contributed by atoms with Gasteiger partial charge in [-0.1, -0.05) is 31.1 Å². The van der Waals surface area contributed by atoms with Crippen LogP contribution in [0, 0.1) is 17.7 Å². The maximum absolute atomic E-state index is 14.1. The van der Waals surface area contributed by atoms with Gasteiger partial charge in [0.2, 0.25) is 0 Å². The molecule has 2 nitrogen and oxygen atoms in total. The van der Waals surface area contributed by atoms with E-state index in [1.54, 1.807) is 0 Å². The number of allylic oxidation sites excluding steroid dienone is 2. The van der Waals surface area contributed by atoms with Gasteiger partial charge in [-0.15, -0.1) is 0 Å². The normalized spacial score (nSPS) is 20.8. The van der Waals surface area contributed by atoms with Gasteiger partial charge in [-0.2, -0.15) is 17.6 Å². The molecular weight excluding hydrogens is 379 g/mol. The standard InChI is InChI=1S/C21H27F5O2/c1-2-3-4-5-15-6-8-16(9-7-15)13-21(25,26)27-14-17-10-11-19(18(22)12-17)28-20(23)24/h2-3,10-12,15-16,20H,4-9,13-14H2,1H3. The Balaban J connectivity index is 1.77. The highest BCUT2D eigenvalue weighted by Crippen LogP contribution is 2.38. The van der Waals surface area contributed by atoms with Crippen LogP contribution < -0.4 is 4.74 Å². The van der Waals surface area contributed by atoms with Crippen molar-refractivity contribution in [3.8, 4) is 5.75 Å². The number of halogens is 5. The Morgan fingerprint density at radius 1 is 1.14 bits per heavy atom. The molecule has 0 aromatic heterocycles. The largest absolute Gasteiger partial charge is 0.432 e. The maximum atomic E-state index is 14.1. The summed E-state index contributed by atoms with van der Waals surface area (Å²) in [5, 5.41) is 0. The zero-order valence-electron chi connectivity index (χ0n) is 16.0. The van der Waals surface area contributed by atoms with Crippen LogP contribution in [0.3, 0.4) is 0 Å². The molecule has 28 heavy (non-hydrogen) atoms. The third kappa shape index (κ3) is 7.78. The van der Waals surface area contributed by atoms with Crippen molar-refractivity contribution in [3.63, 3.8) is 0 Å². The van der Waals surface area contributed by atoms with Crippen LogP contribution in [0.2, 0.25) is 0 Å². The third-order valence-electron chi connectivity index (χ3n) is 5.13. The average Bonchev–Trinajstić information content (AvgIpc) is 2.63. The maximum Gasteiger partial charge on any atom is 0.387 e. The van der Waals surface area contributed by atoms with E-state index in [0.717, 1.165) is 50.7 Å². The van der Waals surface area contributed by atoms with Crippen LogP contribution in [0.25, 0.3) is 0 Å². The Labute approximate surface area is 162 Å². The predicted molar refractivity (Wildman–Crippen MR) is 96.9 cm³/mol. The monoisotopic (exact) mass is 406 g/mol. The number of hydrogen-bond acceptors (Lipinski definition) is 2. The molecule has 1 saturated carbocycles. The first kappa shape index (κ1) is 22.7. The van der Waals surface area contributed by atoms with Crippen LogP contribution in [0.5, 0.6) is 5.75 Å². The van der Waals surface area contributed by atoms with Gasteiger partial charge in [0.05, 0.1) is 6.61 Å². The minimum Gasteiger partial charge on any atom is -0.432 e. The van der Waals surface area contributed by atoms with Gasteiger partial charge in [-0.3, -0.25) is 0 Å². The van der Waals surface area contributed by atoms with Gasteiger partial charge in [0.1, 0.15) is 0 Å². The Morgan fingerprint density at radius 2 is 1.82 bits per heavy atom. The molecule has 0 radical (unpaired) electrons. The van der Waals surface area contributed by atoms with Crippen LogP contribution in [0.15, 0.2) is 30.4 Å². The summed E-state index contributed by atoms with van der Waals surface area (Å²) >= 11 is 0. The molecule has 0 N–H and O–H groups in total. The smallest absolute Gasteiger partial charge is 0.387 e. The molecule has 0 atom stereocenters. The highest BCUT2D eigenvalue weighted by Gasteiger charge is 2.35. The fraction of sp³-hybridized carbons (Fsp3) is 0.619. The first-order chi connectivity index (χ1) is 13.3. The van der Waals surface area contributed by atoms with Crippen LogP contribution in [-0.4, -0.2) is 12.7 Å². The lowest BCUT2D eigenvalue weighted by Crippen LogP contribution is -2.27. The summed E-state index contributed by atoms with van der Waals surface area (Å²) in [5.41, 5.74) is 0.131. The molecule has 0 spiro atoms. The Hall–Kier alpha value is -1.63. The summed E-state index contributed by atoms with van der Waals surface area (Å²) in [5.74, 6) is -1.16. The van der Waals surface area contributed by atoms with Crippen LogP contribution >= 0.6 is 0 Å². The van der Waals surface area contributed by atoms with E-state index in [1.165, 1.54) is 6.07 Å². The van der Waals surface area contributed by atoms with Crippen LogP contribution in [-0.2, 0) is 11.3 Å². The second-order valence-electron chi connectivity index (χ2n) is 7.31. The lowest BCUT2D eigenvalue weighted by atomic mass is 9.78. The zero-order valence-corrected chi connectivity index (χ0v) is 16.0. The summed E-state index contributed by atoms with van der Waals surface area (Å²) in [6.45, 7) is -1.67. The molecule has 1 aliphatic rings. The van der Waals surface area contributed by atoms with Crippen molar-refractivity contribution >= 4 is 0 Å². The van der Waals surface area contributed by atoms with E-state index in [9.17, 15) is 22.0 Å².